The lowest BCUT2D eigenvalue weighted by molar-refractivity contribution is 0.282. The molecular formula is C16H23NO. The fourth-order valence-corrected chi connectivity index (χ4v) is 2.39. The predicted octanol–water partition coefficient (Wildman–Crippen LogP) is 2.67. The second-order valence-electron chi connectivity index (χ2n) is 5.08. The highest BCUT2D eigenvalue weighted by atomic mass is 16.3. The average Bonchev–Trinajstić information content (AvgIpc) is 2.45. The molecule has 2 N–H and O–H groups in total. The predicted molar refractivity (Wildman–Crippen MR) is 75.4 cm³/mol. The quantitative estimate of drug-likeness (QED) is 0.596. The Morgan fingerprint density at radius 3 is 2.56 bits per heavy atom. The molecule has 1 aromatic rings. The standard InChI is InChI=1S/C16H23NO/c18-13-16-8-6-14(7-9-16)10-11-17-12-15-4-2-1-3-5-15/h1-2,6-9,15,17-18H,3-5,10-13H2. The molecule has 98 valence electrons. The molecule has 1 atom stereocenters. The first-order chi connectivity index (χ1) is 8.88. The third-order valence-electron chi connectivity index (χ3n) is 3.61. The van der Waals surface area contributed by atoms with Crippen LogP contribution in [0.4, 0.5) is 0 Å². The second kappa shape index (κ2) is 7.34. The molecule has 0 aliphatic heterocycles. The summed E-state index contributed by atoms with van der Waals surface area (Å²) < 4.78 is 0. The average molecular weight is 245 g/mol. The fraction of sp³-hybridized carbons (Fsp3) is 0.500. The Morgan fingerprint density at radius 1 is 1.11 bits per heavy atom. The molecule has 0 heterocycles. The van der Waals surface area contributed by atoms with E-state index < -0.39 is 0 Å². The van der Waals surface area contributed by atoms with Gasteiger partial charge in [-0.3, -0.25) is 0 Å². The smallest absolute Gasteiger partial charge is 0.0681 e. The van der Waals surface area contributed by atoms with E-state index >= 15 is 0 Å². The number of aliphatic hydroxyl groups excluding tert-OH is 1. The topological polar surface area (TPSA) is 32.3 Å². The lowest BCUT2D eigenvalue weighted by Crippen LogP contribution is -2.25. The van der Waals surface area contributed by atoms with Crippen LogP contribution < -0.4 is 5.32 Å². The van der Waals surface area contributed by atoms with Crippen molar-refractivity contribution >= 4 is 0 Å². The first kappa shape index (κ1) is 13.3. The van der Waals surface area contributed by atoms with Crippen LogP contribution >= 0.6 is 0 Å². The van der Waals surface area contributed by atoms with E-state index in [9.17, 15) is 0 Å². The van der Waals surface area contributed by atoms with Gasteiger partial charge in [-0.1, -0.05) is 36.4 Å². The first-order valence-corrected chi connectivity index (χ1v) is 6.93. The van der Waals surface area contributed by atoms with Gasteiger partial charge in [-0.2, -0.15) is 0 Å². The number of hydrogen-bond donors (Lipinski definition) is 2. The van der Waals surface area contributed by atoms with Crippen molar-refractivity contribution in [3.05, 3.63) is 47.5 Å². The summed E-state index contributed by atoms with van der Waals surface area (Å²) in [5.74, 6) is 0.826. The summed E-state index contributed by atoms with van der Waals surface area (Å²) in [7, 11) is 0. The molecule has 0 amide bonds. The van der Waals surface area contributed by atoms with E-state index in [1.807, 2.05) is 12.1 Å². The lowest BCUT2D eigenvalue weighted by Gasteiger charge is -2.18. The molecule has 1 aliphatic rings. The molecule has 0 radical (unpaired) electrons. The maximum absolute atomic E-state index is 8.97. The van der Waals surface area contributed by atoms with Gasteiger partial charge in [-0.25, -0.2) is 0 Å². The summed E-state index contributed by atoms with van der Waals surface area (Å²) in [4.78, 5) is 0. The van der Waals surface area contributed by atoms with Crippen LogP contribution in [0, 0.1) is 5.92 Å². The van der Waals surface area contributed by atoms with Gasteiger partial charge in [-0.05, 0) is 55.8 Å². The highest BCUT2D eigenvalue weighted by Gasteiger charge is 2.08. The molecule has 0 fully saturated rings. The van der Waals surface area contributed by atoms with Crippen LogP contribution in [0.15, 0.2) is 36.4 Å². The molecule has 2 heteroatoms. The van der Waals surface area contributed by atoms with Crippen LogP contribution in [0.2, 0.25) is 0 Å². The van der Waals surface area contributed by atoms with E-state index in [0.717, 1.165) is 31.0 Å². The van der Waals surface area contributed by atoms with E-state index in [0.29, 0.717) is 0 Å². The Labute approximate surface area is 110 Å². The van der Waals surface area contributed by atoms with Crippen LogP contribution in [0.1, 0.15) is 30.4 Å². The fourth-order valence-electron chi connectivity index (χ4n) is 2.39. The van der Waals surface area contributed by atoms with Crippen molar-refractivity contribution in [2.75, 3.05) is 13.1 Å². The molecule has 2 nitrogen and oxygen atoms in total. The van der Waals surface area contributed by atoms with Crippen molar-refractivity contribution in [2.24, 2.45) is 5.92 Å². The molecule has 18 heavy (non-hydrogen) atoms. The molecule has 0 aromatic heterocycles. The number of rotatable bonds is 6. The number of hydrogen-bond acceptors (Lipinski definition) is 2. The Morgan fingerprint density at radius 2 is 1.89 bits per heavy atom. The minimum atomic E-state index is 0.133. The summed E-state index contributed by atoms with van der Waals surface area (Å²) in [6, 6.07) is 8.22. The Kier molecular flexibility index (Phi) is 5.43. The van der Waals surface area contributed by atoms with E-state index in [1.165, 1.54) is 24.8 Å². The summed E-state index contributed by atoms with van der Waals surface area (Å²) in [6.07, 6.45) is 9.47. The van der Waals surface area contributed by atoms with Crippen LogP contribution in [-0.2, 0) is 13.0 Å². The molecule has 2 rings (SSSR count). The van der Waals surface area contributed by atoms with Crippen LogP contribution in [0.5, 0.6) is 0 Å². The van der Waals surface area contributed by atoms with Crippen LogP contribution in [0.3, 0.4) is 0 Å². The zero-order valence-electron chi connectivity index (χ0n) is 10.9. The van der Waals surface area contributed by atoms with Crippen LogP contribution in [0.25, 0.3) is 0 Å². The van der Waals surface area contributed by atoms with Gasteiger partial charge in [-0.15, -0.1) is 0 Å². The largest absolute Gasteiger partial charge is 0.392 e. The maximum Gasteiger partial charge on any atom is 0.0681 e. The van der Waals surface area contributed by atoms with Crippen molar-refractivity contribution in [3.63, 3.8) is 0 Å². The van der Waals surface area contributed by atoms with Gasteiger partial charge in [0.15, 0.2) is 0 Å². The SMILES string of the molecule is OCc1ccc(CCNCC2CC=CCC2)cc1. The lowest BCUT2D eigenvalue weighted by atomic mass is 9.94. The van der Waals surface area contributed by atoms with Gasteiger partial charge in [0.05, 0.1) is 6.61 Å². The van der Waals surface area contributed by atoms with Crippen molar-refractivity contribution in [2.45, 2.75) is 32.3 Å². The Bertz CT molecular complexity index is 369. The van der Waals surface area contributed by atoms with Crippen LogP contribution in [-0.4, -0.2) is 18.2 Å². The van der Waals surface area contributed by atoms with Gasteiger partial charge in [0.2, 0.25) is 0 Å². The molecule has 1 aliphatic carbocycles. The minimum absolute atomic E-state index is 0.133. The van der Waals surface area contributed by atoms with Crippen molar-refractivity contribution in [1.82, 2.24) is 5.32 Å². The zero-order valence-corrected chi connectivity index (χ0v) is 10.9. The van der Waals surface area contributed by atoms with E-state index in [2.05, 4.69) is 29.6 Å². The van der Waals surface area contributed by atoms with Gasteiger partial charge >= 0.3 is 0 Å². The second-order valence-corrected chi connectivity index (χ2v) is 5.08. The van der Waals surface area contributed by atoms with E-state index in [-0.39, 0.29) is 6.61 Å². The molecule has 1 aromatic carbocycles. The molecule has 0 bridgehead atoms. The van der Waals surface area contributed by atoms with Gasteiger partial charge in [0, 0.05) is 0 Å². The summed E-state index contributed by atoms with van der Waals surface area (Å²) in [5, 5.41) is 12.5. The molecular weight excluding hydrogens is 222 g/mol. The van der Waals surface area contributed by atoms with Gasteiger partial charge in [0.25, 0.3) is 0 Å². The number of benzene rings is 1. The third kappa shape index (κ3) is 4.28. The normalized spacial score (nSPS) is 19.1. The Balaban J connectivity index is 1.63. The van der Waals surface area contributed by atoms with E-state index in [4.69, 9.17) is 5.11 Å². The number of nitrogens with one attached hydrogen (secondary N) is 1. The monoisotopic (exact) mass is 245 g/mol. The summed E-state index contributed by atoms with van der Waals surface area (Å²) in [6.45, 7) is 2.31. The third-order valence-corrected chi connectivity index (χ3v) is 3.61. The minimum Gasteiger partial charge on any atom is -0.392 e. The first-order valence-electron chi connectivity index (χ1n) is 6.93. The molecule has 0 saturated carbocycles. The maximum atomic E-state index is 8.97. The summed E-state index contributed by atoms with van der Waals surface area (Å²) in [5.41, 5.74) is 2.32. The Hall–Kier alpha value is -1.12. The van der Waals surface area contributed by atoms with Gasteiger partial charge < -0.3 is 10.4 Å². The molecule has 0 spiro atoms. The molecule has 0 saturated heterocycles. The highest BCUT2D eigenvalue weighted by molar-refractivity contribution is 5.22. The molecule has 1 unspecified atom stereocenters. The summed E-state index contributed by atoms with van der Waals surface area (Å²) >= 11 is 0. The van der Waals surface area contributed by atoms with E-state index in [1.54, 1.807) is 0 Å². The van der Waals surface area contributed by atoms with Crippen molar-refractivity contribution in [3.8, 4) is 0 Å². The highest BCUT2D eigenvalue weighted by Crippen LogP contribution is 2.16. The van der Waals surface area contributed by atoms with Gasteiger partial charge in [0.1, 0.15) is 0 Å². The number of aliphatic hydroxyl groups is 1. The van der Waals surface area contributed by atoms with Crippen molar-refractivity contribution < 1.29 is 5.11 Å². The van der Waals surface area contributed by atoms with Crippen molar-refractivity contribution in [1.29, 1.82) is 0 Å². The zero-order chi connectivity index (χ0) is 12.6. The number of allylic oxidation sites excluding steroid dienone is 2.